The fourth-order valence-corrected chi connectivity index (χ4v) is 6.87. The van der Waals surface area contributed by atoms with Crippen LogP contribution >= 0.6 is 31.9 Å². The summed E-state index contributed by atoms with van der Waals surface area (Å²) >= 11 is 6.48. The summed E-state index contributed by atoms with van der Waals surface area (Å²) in [4.78, 5) is 25.1. The van der Waals surface area contributed by atoms with Crippen LogP contribution in [0.5, 0.6) is 0 Å². The van der Waals surface area contributed by atoms with Gasteiger partial charge in [-0.3, -0.25) is 9.59 Å². The number of halogens is 8. The van der Waals surface area contributed by atoms with E-state index in [2.05, 4.69) is 65.9 Å². The summed E-state index contributed by atoms with van der Waals surface area (Å²) in [6.45, 7) is 0. The number of carbonyl (C=O) groups is 2. The first-order valence-corrected chi connectivity index (χ1v) is 19.0. The Kier molecular flexibility index (Phi) is 11.1. The summed E-state index contributed by atoms with van der Waals surface area (Å²) in [5.41, 5.74) is -1.76. The Morgan fingerprint density at radius 1 is 0.569 bits per heavy atom. The van der Waals surface area contributed by atoms with Crippen molar-refractivity contribution in [3.8, 4) is 46.2 Å². The van der Waals surface area contributed by atoms with E-state index in [1.165, 1.54) is 36.4 Å². The van der Waals surface area contributed by atoms with Crippen molar-refractivity contribution in [2.24, 2.45) is 22.7 Å². The molecule has 2 aliphatic rings. The normalized spacial score (nSPS) is 20.6. The summed E-state index contributed by atoms with van der Waals surface area (Å²) in [5.74, 6) is 5.85. The molecule has 0 saturated heterocycles. The SMILES string of the molecule is O=C(c1ccc(Br)cc1)[C@@H]1C[C@@]1(C#Cc1cc(-c2ccccc2)no1)C(F)(F)F.O=C(c1ccc(Br)cc1)[C@@H]1C[C@@]1(C#Cc1cc(-c2ccccc2)no1)C(F)(F)F. The topological polar surface area (TPSA) is 86.2 Å². The molecule has 0 bridgehead atoms. The number of hydrogen-bond donors (Lipinski definition) is 0. The van der Waals surface area contributed by atoms with Crippen molar-refractivity contribution in [1.29, 1.82) is 0 Å². The highest BCUT2D eigenvalue weighted by Gasteiger charge is 2.73. The zero-order valence-corrected chi connectivity index (χ0v) is 32.8. The molecule has 2 fully saturated rings. The third kappa shape index (κ3) is 8.45. The highest BCUT2D eigenvalue weighted by Crippen LogP contribution is 2.64. The molecule has 0 aliphatic heterocycles. The Bertz CT molecular complexity index is 2400. The number of ketones is 2. The highest BCUT2D eigenvalue weighted by atomic mass is 79.9. The van der Waals surface area contributed by atoms with Gasteiger partial charge < -0.3 is 9.05 Å². The molecule has 2 heterocycles. The van der Waals surface area contributed by atoms with E-state index in [-0.39, 0.29) is 35.5 Å². The summed E-state index contributed by atoms with van der Waals surface area (Å²) in [7, 11) is 0. The lowest BCUT2D eigenvalue weighted by molar-refractivity contribution is -0.172. The number of benzene rings is 4. The minimum absolute atomic E-state index is 0.0224. The maximum Gasteiger partial charge on any atom is 0.405 e. The zero-order valence-electron chi connectivity index (χ0n) is 29.7. The van der Waals surface area contributed by atoms with Crippen molar-refractivity contribution in [3.63, 3.8) is 0 Å². The van der Waals surface area contributed by atoms with E-state index in [1.807, 2.05) is 36.4 Å². The maximum absolute atomic E-state index is 13.8. The Morgan fingerprint density at radius 2 is 0.914 bits per heavy atom. The molecule has 0 radical (unpaired) electrons. The van der Waals surface area contributed by atoms with Gasteiger partial charge in [0, 0.05) is 55.2 Å². The molecule has 292 valence electrons. The van der Waals surface area contributed by atoms with E-state index in [0.717, 1.165) is 20.1 Å². The first-order chi connectivity index (χ1) is 27.6. The van der Waals surface area contributed by atoms with E-state index in [0.29, 0.717) is 11.4 Å². The van der Waals surface area contributed by atoms with Gasteiger partial charge in [0.05, 0.1) is 0 Å². The maximum atomic E-state index is 13.8. The summed E-state index contributed by atoms with van der Waals surface area (Å²) in [6.07, 6.45) is -9.98. The van der Waals surface area contributed by atoms with Crippen LogP contribution in [0.15, 0.2) is 139 Å². The molecule has 0 unspecified atom stereocenters. The van der Waals surface area contributed by atoms with E-state index < -0.39 is 46.6 Å². The quantitative estimate of drug-likeness (QED) is 0.0940. The number of Topliss-reactive ketones (excluding diaryl/α,β-unsaturated/α-hetero) is 2. The second-order valence-corrected chi connectivity index (χ2v) is 15.4. The molecule has 58 heavy (non-hydrogen) atoms. The molecule has 4 atom stereocenters. The van der Waals surface area contributed by atoms with E-state index in [4.69, 9.17) is 9.05 Å². The van der Waals surface area contributed by atoms with Crippen molar-refractivity contribution in [2.75, 3.05) is 0 Å². The van der Waals surface area contributed by atoms with Crippen LogP contribution in [0.25, 0.3) is 22.5 Å². The van der Waals surface area contributed by atoms with Crippen LogP contribution in [0.1, 0.15) is 45.1 Å². The molecule has 0 spiro atoms. The third-order valence-corrected chi connectivity index (χ3v) is 10.9. The molecule has 14 heteroatoms. The van der Waals surface area contributed by atoms with Crippen LogP contribution < -0.4 is 0 Å². The smallest absolute Gasteiger partial charge is 0.347 e. The number of aromatic nitrogens is 2. The van der Waals surface area contributed by atoms with Gasteiger partial charge in [0.1, 0.15) is 22.2 Å². The lowest BCUT2D eigenvalue weighted by Crippen LogP contribution is -2.27. The fourth-order valence-electron chi connectivity index (χ4n) is 6.34. The van der Waals surface area contributed by atoms with Gasteiger partial charge in [-0.15, -0.1) is 0 Å². The molecule has 8 rings (SSSR count). The van der Waals surface area contributed by atoms with Gasteiger partial charge in [0.2, 0.25) is 11.5 Å². The molecule has 2 aromatic heterocycles. The van der Waals surface area contributed by atoms with E-state index in [1.54, 1.807) is 48.5 Å². The van der Waals surface area contributed by atoms with Crippen LogP contribution in [-0.2, 0) is 0 Å². The lowest BCUT2D eigenvalue weighted by atomic mass is 9.97. The van der Waals surface area contributed by atoms with Gasteiger partial charge in [-0.1, -0.05) is 139 Å². The fraction of sp³-hybridized carbons (Fsp3) is 0.182. The van der Waals surface area contributed by atoms with Crippen molar-refractivity contribution in [1.82, 2.24) is 10.3 Å². The van der Waals surface area contributed by atoms with Gasteiger partial charge >= 0.3 is 12.4 Å². The first-order valence-electron chi connectivity index (χ1n) is 17.4. The molecule has 6 aromatic rings. The molecule has 0 amide bonds. The van der Waals surface area contributed by atoms with Gasteiger partial charge in [-0.2, -0.15) is 26.3 Å². The van der Waals surface area contributed by atoms with Crippen LogP contribution in [0, 0.1) is 46.3 Å². The van der Waals surface area contributed by atoms with Gasteiger partial charge in [0.25, 0.3) is 0 Å². The molecule has 2 saturated carbocycles. The molecular weight excluding hydrogens is 894 g/mol. The van der Waals surface area contributed by atoms with Crippen molar-refractivity contribution in [2.45, 2.75) is 25.2 Å². The predicted octanol–water partition coefficient (Wildman–Crippen LogP) is 11.8. The average molecular weight is 920 g/mol. The van der Waals surface area contributed by atoms with Crippen molar-refractivity contribution < 1.29 is 45.0 Å². The number of nitrogens with zero attached hydrogens (tertiary/aromatic N) is 2. The highest BCUT2D eigenvalue weighted by molar-refractivity contribution is 9.10. The second-order valence-electron chi connectivity index (χ2n) is 13.6. The predicted molar refractivity (Wildman–Crippen MR) is 208 cm³/mol. The van der Waals surface area contributed by atoms with Crippen LogP contribution in [0.3, 0.4) is 0 Å². The van der Waals surface area contributed by atoms with Gasteiger partial charge in [0.15, 0.2) is 11.6 Å². The zero-order chi connectivity index (χ0) is 41.3. The van der Waals surface area contributed by atoms with Crippen molar-refractivity contribution >= 4 is 43.4 Å². The van der Waals surface area contributed by atoms with Crippen LogP contribution in [0.2, 0.25) is 0 Å². The molecule has 2 aliphatic carbocycles. The monoisotopic (exact) mass is 918 g/mol. The first kappa shape index (κ1) is 40.5. The average Bonchev–Trinajstić information content (AvgIpc) is 4.01. The lowest BCUT2D eigenvalue weighted by Gasteiger charge is -2.14. The van der Waals surface area contributed by atoms with E-state index in [9.17, 15) is 35.9 Å². The minimum atomic E-state index is -4.63. The van der Waals surface area contributed by atoms with E-state index >= 15 is 0 Å². The summed E-state index contributed by atoms with van der Waals surface area (Å²) in [6, 6.07) is 33.6. The molecule has 4 aromatic carbocycles. The van der Waals surface area contributed by atoms with Gasteiger partial charge in [-0.25, -0.2) is 0 Å². The number of hydrogen-bond acceptors (Lipinski definition) is 6. The largest absolute Gasteiger partial charge is 0.405 e. The Labute approximate surface area is 344 Å². The summed E-state index contributed by atoms with van der Waals surface area (Å²) < 4.78 is 94.1. The Balaban J connectivity index is 0.000000177. The Morgan fingerprint density at radius 3 is 1.24 bits per heavy atom. The summed E-state index contributed by atoms with van der Waals surface area (Å²) in [5, 5.41) is 7.70. The van der Waals surface area contributed by atoms with Crippen LogP contribution in [0.4, 0.5) is 26.3 Å². The number of carbonyl (C=O) groups excluding carboxylic acids is 2. The minimum Gasteiger partial charge on any atom is -0.347 e. The van der Waals surface area contributed by atoms with Crippen molar-refractivity contribution in [3.05, 3.63) is 153 Å². The molecular formula is C44H26Br2F6N2O4. The van der Waals surface area contributed by atoms with Crippen LogP contribution in [-0.4, -0.2) is 34.2 Å². The van der Waals surface area contributed by atoms with Gasteiger partial charge in [-0.05, 0) is 48.9 Å². The standard InChI is InChI=1S/2C22H13BrF3NO2/c2*23-16-8-6-15(7-9-16)20(28)18-13-21(18,22(24,25)26)11-10-17-12-19(27-29-17)14-4-2-1-3-5-14/h2*1-9,12,18H,13H2/t2*18-,21+/m00/s1. The second kappa shape index (κ2) is 15.9. The third-order valence-electron chi connectivity index (χ3n) is 9.80. The number of alkyl halides is 6. The molecule has 0 N–H and O–H groups in total. The Hall–Kier alpha value is -5.70. The molecule has 6 nitrogen and oxygen atoms in total. The number of rotatable bonds is 6.